The van der Waals surface area contributed by atoms with Crippen LogP contribution in [0.2, 0.25) is 5.02 Å². The topological polar surface area (TPSA) is 46.9 Å². The number of nitrogens with one attached hydrogen (secondary N) is 1. The molecule has 0 fully saturated rings. The summed E-state index contributed by atoms with van der Waals surface area (Å²) in [5.41, 5.74) is 3.78. The molecule has 2 rings (SSSR count). The molecule has 1 aromatic heterocycles. The Bertz CT molecular complexity index is 664. The molecule has 1 aromatic carbocycles. The number of hydrogen-bond donors (Lipinski definition) is 1. The second-order valence-corrected chi connectivity index (χ2v) is 5.87. The van der Waals surface area contributed by atoms with Crippen molar-refractivity contribution in [1.29, 1.82) is 0 Å². The van der Waals surface area contributed by atoms with Crippen LogP contribution in [0.3, 0.4) is 0 Å². The summed E-state index contributed by atoms with van der Waals surface area (Å²) < 4.78 is 1.89. The van der Waals surface area contributed by atoms with Gasteiger partial charge in [-0.1, -0.05) is 11.6 Å². The Kier molecular flexibility index (Phi) is 4.68. The molecule has 2 aromatic rings. The predicted molar refractivity (Wildman–Crippen MR) is 85.8 cm³/mol. The molecule has 1 amide bonds. The van der Waals surface area contributed by atoms with Crippen molar-refractivity contribution in [2.24, 2.45) is 0 Å². The van der Waals surface area contributed by atoms with Crippen molar-refractivity contribution in [2.75, 3.05) is 5.32 Å². The zero-order valence-corrected chi connectivity index (χ0v) is 13.5. The lowest BCUT2D eigenvalue weighted by Crippen LogP contribution is -2.19. The Morgan fingerprint density at radius 3 is 2.62 bits per heavy atom. The third-order valence-corrected chi connectivity index (χ3v) is 3.64. The Labute approximate surface area is 130 Å². The number of carbonyl (C=O) groups is 1. The molecular weight excluding hydrogens is 286 g/mol. The highest BCUT2D eigenvalue weighted by molar-refractivity contribution is 6.30. The van der Waals surface area contributed by atoms with Crippen molar-refractivity contribution >= 4 is 23.2 Å². The van der Waals surface area contributed by atoms with Crippen molar-refractivity contribution in [3.05, 3.63) is 46.2 Å². The summed E-state index contributed by atoms with van der Waals surface area (Å²) in [6, 6.07) is 7.46. The first-order chi connectivity index (χ1) is 9.86. The minimum atomic E-state index is -0.0273. The van der Waals surface area contributed by atoms with Crippen molar-refractivity contribution in [3.8, 4) is 0 Å². The molecule has 0 aliphatic heterocycles. The number of amides is 1. The number of halogens is 1. The SMILES string of the molecule is Cc1cc(C)n([C@@H](C)CC(=O)Nc2ccc(Cl)cc2C)n1. The molecule has 0 saturated heterocycles. The highest BCUT2D eigenvalue weighted by Gasteiger charge is 2.14. The van der Waals surface area contributed by atoms with Crippen molar-refractivity contribution in [2.45, 2.75) is 40.2 Å². The number of benzene rings is 1. The monoisotopic (exact) mass is 305 g/mol. The van der Waals surface area contributed by atoms with E-state index in [1.165, 1.54) is 0 Å². The Balaban J connectivity index is 2.03. The van der Waals surface area contributed by atoms with Gasteiger partial charge in [-0.15, -0.1) is 0 Å². The minimum absolute atomic E-state index is 0.0197. The van der Waals surface area contributed by atoms with Crippen molar-refractivity contribution in [3.63, 3.8) is 0 Å². The average molecular weight is 306 g/mol. The zero-order valence-electron chi connectivity index (χ0n) is 12.8. The van der Waals surface area contributed by atoms with Gasteiger partial charge in [0.15, 0.2) is 0 Å². The van der Waals surface area contributed by atoms with E-state index >= 15 is 0 Å². The fourth-order valence-corrected chi connectivity index (χ4v) is 2.64. The number of aromatic nitrogens is 2. The van der Waals surface area contributed by atoms with Crippen molar-refractivity contribution in [1.82, 2.24) is 9.78 Å². The van der Waals surface area contributed by atoms with Crippen LogP contribution in [0.4, 0.5) is 5.69 Å². The van der Waals surface area contributed by atoms with Crippen LogP contribution in [0.5, 0.6) is 0 Å². The van der Waals surface area contributed by atoms with E-state index in [4.69, 9.17) is 11.6 Å². The zero-order chi connectivity index (χ0) is 15.6. The van der Waals surface area contributed by atoms with Gasteiger partial charge in [-0.3, -0.25) is 9.48 Å². The molecule has 0 saturated carbocycles. The summed E-state index contributed by atoms with van der Waals surface area (Å²) in [6.07, 6.45) is 0.379. The summed E-state index contributed by atoms with van der Waals surface area (Å²) in [6.45, 7) is 7.87. The molecule has 1 heterocycles. The summed E-state index contributed by atoms with van der Waals surface area (Å²) in [7, 11) is 0. The lowest BCUT2D eigenvalue weighted by Gasteiger charge is -2.15. The van der Waals surface area contributed by atoms with E-state index in [2.05, 4.69) is 10.4 Å². The van der Waals surface area contributed by atoms with Gasteiger partial charge in [0.2, 0.25) is 5.91 Å². The second-order valence-electron chi connectivity index (χ2n) is 5.43. The number of anilines is 1. The van der Waals surface area contributed by atoms with E-state index in [9.17, 15) is 4.79 Å². The predicted octanol–water partition coefficient (Wildman–Crippen LogP) is 4.05. The van der Waals surface area contributed by atoms with Crippen LogP contribution in [0, 0.1) is 20.8 Å². The van der Waals surface area contributed by atoms with Crippen LogP contribution in [0.25, 0.3) is 0 Å². The maximum Gasteiger partial charge on any atom is 0.226 e. The van der Waals surface area contributed by atoms with Gasteiger partial charge in [0.1, 0.15) is 0 Å². The highest BCUT2D eigenvalue weighted by atomic mass is 35.5. The second kappa shape index (κ2) is 6.31. The molecule has 1 N–H and O–H groups in total. The molecule has 21 heavy (non-hydrogen) atoms. The molecule has 0 bridgehead atoms. The lowest BCUT2D eigenvalue weighted by atomic mass is 10.1. The van der Waals surface area contributed by atoms with E-state index < -0.39 is 0 Å². The first kappa shape index (κ1) is 15.6. The van der Waals surface area contributed by atoms with E-state index in [0.29, 0.717) is 11.4 Å². The first-order valence-corrected chi connectivity index (χ1v) is 7.33. The Morgan fingerprint density at radius 1 is 1.33 bits per heavy atom. The minimum Gasteiger partial charge on any atom is -0.326 e. The van der Waals surface area contributed by atoms with E-state index in [0.717, 1.165) is 22.6 Å². The van der Waals surface area contributed by atoms with E-state index in [-0.39, 0.29) is 11.9 Å². The Morgan fingerprint density at radius 2 is 2.05 bits per heavy atom. The molecule has 1 atom stereocenters. The summed E-state index contributed by atoms with van der Waals surface area (Å²) in [5, 5.41) is 8.01. The fraction of sp³-hybridized carbons (Fsp3) is 0.375. The summed E-state index contributed by atoms with van der Waals surface area (Å²) >= 11 is 5.91. The largest absolute Gasteiger partial charge is 0.326 e. The molecule has 0 unspecified atom stereocenters. The molecule has 0 spiro atoms. The summed E-state index contributed by atoms with van der Waals surface area (Å²) in [4.78, 5) is 12.2. The molecular formula is C16H20ClN3O. The number of carbonyl (C=O) groups excluding carboxylic acids is 1. The average Bonchev–Trinajstić information content (AvgIpc) is 2.72. The lowest BCUT2D eigenvalue weighted by molar-refractivity contribution is -0.116. The maximum absolute atomic E-state index is 12.2. The highest BCUT2D eigenvalue weighted by Crippen LogP contribution is 2.21. The van der Waals surface area contributed by atoms with Gasteiger partial charge in [0, 0.05) is 22.8 Å². The fourth-order valence-electron chi connectivity index (χ4n) is 2.42. The summed E-state index contributed by atoms with van der Waals surface area (Å²) in [5.74, 6) is -0.0273. The third kappa shape index (κ3) is 3.85. The molecule has 5 heteroatoms. The van der Waals surface area contributed by atoms with Gasteiger partial charge in [-0.05, 0) is 57.5 Å². The van der Waals surface area contributed by atoms with E-state index in [1.54, 1.807) is 6.07 Å². The van der Waals surface area contributed by atoms with Gasteiger partial charge < -0.3 is 5.32 Å². The van der Waals surface area contributed by atoms with Crippen molar-refractivity contribution < 1.29 is 4.79 Å². The van der Waals surface area contributed by atoms with Gasteiger partial charge in [0.05, 0.1) is 11.7 Å². The van der Waals surface area contributed by atoms with Crippen LogP contribution >= 0.6 is 11.6 Å². The molecule has 112 valence electrons. The maximum atomic E-state index is 12.2. The van der Waals surface area contributed by atoms with Crippen LogP contribution in [-0.2, 0) is 4.79 Å². The van der Waals surface area contributed by atoms with Gasteiger partial charge in [-0.2, -0.15) is 5.10 Å². The molecule has 0 aliphatic carbocycles. The van der Waals surface area contributed by atoms with Crippen LogP contribution in [-0.4, -0.2) is 15.7 Å². The number of rotatable bonds is 4. The number of aryl methyl sites for hydroxylation is 3. The molecule has 0 aliphatic rings. The number of nitrogens with zero attached hydrogens (tertiary/aromatic N) is 2. The van der Waals surface area contributed by atoms with Gasteiger partial charge in [-0.25, -0.2) is 0 Å². The molecule has 4 nitrogen and oxygen atoms in total. The van der Waals surface area contributed by atoms with Crippen LogP contribution in [0.15, 0.2) is 24.3 Å². The first-order valence-electron chi connectivity index (χ1n) is 6.95. The number of hydrogen-bond acceptors (Lipinski definition) is 2. The third-order valence-electron chi connectivity index (χ3n) is 3.41. The molecule has 0 radical (unpaired) electrons. The van der Waals surface area contributed by atoms with Gasteiger partial charge in [0.25, 0.3) is 0 Å². The van der Waals surface area contributed by atoms with Crippen LogP contribution in [0.1, 0.15) is 36.3 Å². The standard InChI is InChI=1S/C16H20ClN3O/c1-10-7-14(17)5-6-15(10)18-16(21)9-13(4)20-12(3)8-11(2)19-20/h5-8,13H,9H2,1-4H3,(H,18,21)/t13-/m0/s1. The Hall–Kier alpha value is -1.81. The van der Waals surface area contributed by atoms with E-state index in [1.807, 2.05) is 50.6 Å². The van der Waals surface area contributed by atoms with Crippen LogP contribution < -0.4 is 5.32 Å². The van der Waals surface area contributed by atoms with Gasteiger partial charge >= 0.3 is 0 Å². The quantitative estimate of drug-likeness (QED) is 0.926. The smallest absolute Gasteiger partial charge is 0.226 e. The normalized spacial score (nSPS) is 12.2.